The maximum atomic E-state index is 12.8. The van der Waals surface area contributed by atoms with E-state index in [9.17, 15) is 4.79 Å². The zero-order chi connectivity index (χ0) is 21.5. The summed E-state index contributed by atoms with van der Waals surface area (Å²) >= 11 is 3.51. The molecule has 6 nitrogen and oxygen atoms in total. The number of nitrogens with zero attached hydrogens (tertiary/aromatic N) is 4. The van der Waals surface area contributed by atoms with Crippen LogP contribution < -0.4 is 0 Å². The molecule has 3 heterocycles. The van der Waals surface area contributed by atoms with Crippen LogP contribution in [-0.2, 0) is 12.2 Å². The van der Waals surface area contributed by atoms with Crippen molar-refractivity contribution >= 4 is 29.0 Å². The van der Waals surface area contributed by atoms with Crippen molar-refractivity contribution in [3.05, 3.63) is 58.8 Å². The average molecular weight is 457 g/mol. The Balaban J connectivity index is 1.19. The first-order chi connectivity index (χ1) is 15.2. The van der Waals surface area contributed by atoms with Gasteiger partial charge in [-0.25, -0.2) is 0 Å². The summed E-state index contributed by atoms with van der Waals surface area (Å²) in [6.07, 6.45) is 1.75. The van der Waals surface area contributed by atoms with Crippen LogP contribution in [0.15, 0.2) is 46.3 Å². The molecule has 1 aliphatic rings. The number of aryl methyl sites for hydroxylation is 1. The van der Waals surface area contributed by atoms with Crippen molar-refractivity contribution in [3.63, 3.8) is 0 Å². The predicted molar refractivity (Wildman–Crippen MR) is 127 cm³/mol. The summed E-state index contributed by atoms with van der Waals surface area (Å²) < 4.78 is 5.38. The number of piperazine rings is 1. The van der Waals surface area contributed by atoms with Gasteiger partial charge in [-0.2, -0.15) is 16.7 Å². The molecule has 0 spiro atoms. The summed E-state index contributed by atoms with van der Waals surface area (Å²) in [5.41, 5.74) is 2.06. The van der Waals surface area contributed by atoms with Crippen LogP contribution in [0.2, 0.25) is 0 Å². The van der Waals surface area contributed by atoms with Gasteiger partial charge in [0.05, 0.1) is 4.88 Å². The van der Waals surface area contributed by atoms with Gasteiger partial charge in [-0.05, 0) is 47.9 Å². The predicted octanol–water partition coefficient (Wildman–Crippen LogP) is 4.44. The molecule has 0 radical (unpaired) electrons. The normalized spacial score (nSPS) is 14.8. The molecular weight excluding hydrogens is 428 g/mol. The van der Waals surface area contributed by atoms with Crippen molar-refractivity contribution in [2.24, 2.45) is 0 Å². The number of amides is 1. The maximum Gasteiger partial charge on any atom is 0.253 e. The van der Waals surface area contributed by atoms with Gasteiger partial charge in [0.1, 0.15) is 0 Å². The van der Waals surface area contributed by atoms with Gasteiger partial charge in [-0.3, -0.25) is 9.69 Å². The summed E-state index contributed by atoms with van der Waals surface area (Å²) in [4.78, 5) is 22.7. The Hall–Kier alpha value is -2.16. The van der Waals surface area contributed by atoms with Gasteiger partial charge in [-0.15, -0.1) is 11.3 Å². The number of thioether (sulfide) groups is 1. The minimum Gasteiger partial charge on any atom is -0.339 e. The number of carbonyl (C=O) groups is 1. The summed E-state index contributed by atoms with van der Waals surface area (Å²) in [5.74, 6) is 3.62. The van der Waals surface area contributed by atoms with Crippen molar-refractivity contribution in [2.45, 2.75) is 25.5 Å². The number of benzene rings is 1. The number of thiophene rings is 1. The van der Waals surface area contributed by atoms with Crippen LogP contribution in [0, 0.1) is 0 Å². The molecule has 1 amide bonds. The fraction of sp³-hybridized carbons (Fsp3) is 0.435. The lowest BCUT2D eigenvalue weighted by Crippen LogP contribution is -2.48. The minimum absolute atomic E-state index is 0.140. The molecule has 1 fully saturated rings. The van der Waals surface area contributed by atoms with Gasteiger partial charge >= 0.3 is 0 Å². The van der Waals surface area contributed by atoms with Crippen molar-refractivity contribution < 1.29 is 9.32 Å². The fourth-order valence-corrected chi connectivity index (χ4v) is 4.92. The smallest absolute Gasteiger partial charge is 0.253 e. The Morgan fingerprint density at radius 1 is 1.16 bits per heavy atom. The standard InChI is InChI=1S/C23H28N4O2S2/c1-2-30-17-18-7-9-19(10-8-18)23(28)27-14-12-26(13-15-27)11-3-6-21-24-22(25-29-21)20-5-4-16-31-20/h4-5,7-10,16H,2-3,6,11-15,17H2,1H3. The molecule has 1 aromatic carbocycles. The third kappa shape index (κ3) is 5.96. The van der Waals surface area contributed by atoms with E-state index >= 15 is 0 Å². The molecule has 0 aliphatic carbocycles. The van der Waals surface area contributed by atoms with Crippen LogP contribution in [0.5, 0.6) is 0 Å². The van der Waals surface area contributed by atoms with Crippen LogP contribution >= 0.6 is 23.1 Å². The number of hydrogen-bond acceptors (Lipinski definition) is 7. The quantitative estimate of drug-likeness (QED) is 0.474. The summed E-state index contributed by atoms with van der Waals surface area (Å²) in [6.45, 7) is 6.49. The van der Waals surface area contributed by atoms with Crippen LogP contribution in [0.4, 0.5) is 0 Å². The highest BCUT2D eigenvalue weighted by Crippen LogP contribution is 2.21. The summed E-state index contributed by atoms with van der Waals surface area (Å²) in [7, 11) is 0. The van der Waals surface area contributed by atoms with Crippen molar-refractivity contribution in [3.8, 4) is 10.7 Å². The minimum atomic E-state index is 0.140. The summed E-state index contributed by atoms with van der Waals surface area (Å²) in [5, 5.41) is 6.08. The Morgan fingerprint density at radius 3 is 2.68 bits per heavy atom. The number of aromatic nitrogens is 2. The van der Waals surface area contributed by atoms with Crippen LogP contribution in [0.1, 0.15) is 35.2 Å². The number of rotatable bonds is 9. The second-order valence-corrected chi connectivity index (χ2v) is 9.78. The van der Waals surface area contributed by atoms with Gasteiger partial charge in [0.25, 0.3) is 5.91 Å². The molecule has 0 bridgehead atoms. The van der Waals surface area contributed by atoms with E-state index in [4.69, 9.17) is 4.52 Å². The van der Waals surface area contributed by atoms with E-state index in [0.29, 0.717) is 11.7 Å². The lowest BCUT2D eigenvalue weighted by atomic mass is 10.1. The van der Waals surface area contributed by atoms with Gasteiger partial charge in [0.15, 0.2) is 0 Å². The van der Waals surface area contributed by atoms with E-state index in [-0.39, 0.29) is 5.91 Å². The fourth-order valence-electron chi connectivity index (χ4n) is 3.64. The molecule has 4 rings (SSSR count). The first kappa shape index (κ1) is 22.0. The third-order valence-corrected chi connectivity index (χ3v) is 7.22. The van der Waals surface area contributed by atoms with Gasteiger partial charge < -0.3 is 9.42 Å². The molecule has 1 saturated heterocycles. The number of hydrogen-bond donors (Lipinski definition) is 0. The van der Waals surface area contributed by atoms with Crippen LogP contribution in [0.25, 0.3) is 10.7 Å². The second-order valence-electron chi connectivity index (χ2n) is 7.56. The Morgan fingerprint density at radius 2 is 1.97 bits per heavy atom. The molecule has 164 valence electrons. The third-order valence-electron chi connectivity index (χ3n) is 5.41. The molecule has 0 saturated carbocycles. The van der Waals surface area contributed by atoms with Gasteiger partial charge in [0, 0.05) is 43.9 Å². The Kier molecular flexibility index (Phi) is 7.77. The average Bonchev–Trinajstić information content (AvgIpc) is 3.50. The maximum absolute atomic E-state index is 12.8. The van der Waals surface area contributed by atoms with E-state index in [1.54, 1.807) is 11.3 Å². The SMILES string of the molecule is CCSCc1ccc(C(=O)N2CCN(CCCc3nc(-c4cccs4)no3)CC2)cc1. The number of carbonyl (C=O) groups excluding carboxylic acids is 1. The lowest BCUT2D eigenvalue weighted by Gasteiger charge is -2.34. The van der Waals surface area contributed by atoms with Crippen molar-refractivity contribution in [1.29, 1.82) is 0 Å². The molecule has 3 aromatic rings. The van der Waals surface area contributed by atoms with Crippen molar-refractivity contribution in [1.82, 2.24) is 19.9 Å². The highest BCUT2D eigenvalue weighted by atomic mass is 32.2. The van der Waals surface area contributed by atoms with E-state index in [1.165, 1.54) is 5.56 Å². The highest BCUT2D eigenvalue weighted by molar-refractivity contribution is 7.98. The molecular formula is C23H28N4O2S2. The van der Waals surface area contributed by atoms with Crippen LogP contribution in [-0.4, -0.2) is 64.3 Å². The molecule has 8 heteroatoms. The highest BCUT2D eigenvalue weighted by Gasteiger charge is 2.22. The zero-order valence-electron chi connectivity index (χ0n) is 17.8. The largest absolute Gasteiger partial charge is 0.339 e. The summed E-state index contributed by atoms with van der Waals surface area (Å²) in [6, 6.07) is 12.1. The second kappa shape index (κ2) is 10.9. The van der Waals surface area contributed by atoms with E-state index < -0.39 is 0 Å². The van der Waals surface area contributed by atoms with E-state index in [0.717, 1.165) is 67.5 Å². The molecule has 0 N–H and O–H groups in total. The molecule has 31 heavy (non-hydrogen) atoms. The van der Waals surface area contributed by atoms with Crippen molar-refractivity contribution in [2.75, 3.05) is 38.5 Å². The first-order valence-electron chi connectivity index (χ1n) is 10.8. The first-order valence-corrected chi connectivity index (χ1v) is 12.8. The van der Waals surface area contributed by atoms with E-state index in [2.05, 4.69) is 34.1 Å². The molecule has 2 aromatic heterocycles. The zero-order valence-corrected chi connectivity index (χ0v) is 19.5. The van der Waals surface area contributed by atoms with Gasteiger partial charge in [0.2, 0.25) is 11.7 Å². The molecule has 0 atom stereocenters. The van der Waals surface area contributed by atoms with E-state index in [1.807, 2.05) is 46.3 Å². The molecule has 0 unspecified atom stereocenters. The molecule has 1 aliphatic heterocycles. The Bertz CT molecular complexity index is 948. The Labute approximate surface area is 191 Å². The topological polar surface area (TPSA) is 62.5 Å². The lowest BCUT2D eigenvalue weighted by molar-refractivity contribution is 0.0635. The monoisotopic (exact) mass is 456 g/mol. The van der Waals surface area contributed by atoms with Gasteiger partial charge in [-0.1, -0.05) is 30.3 Å². The van der Waals surface area contributed by atoms with Crippen LogP contribution in [0.3, 0.4) is 0 Å².